The minimum Gasteiger partial charge on any atom is -0.316 e. The molecule has 0 aromatic carbocycles. The lowest BCUT2D eigenvalue weighted by molar-refractivity contribution is 0.133. The van der Waals surface area contributed by atoms with Crippen molar-refractivity contribution in [3.63, 3.8) is 0 Å². The highest BCUT2D eigenvalue weighted by Crippen LogP contribution is 2.36. The highest BCUT2D eigenvalue weighted by molar-refractivity contribution is 4.93. The molecule has 1 N–H and O–H groups in total. The normalized spacial score (nSPS) is 36.0. The second-order valence-electron chi connectivity index (χ2n) is 5.45. The standard InChI is InChI=1S/C13H26N2/c1-3-4-7-14-10-11-8-12-5-6-13(9-11)15(12)2/h11-14H,3-10H2,1-2H3. The minimum absolute atomic E-state index is 0.904. The first-order chi connectivity index (χ1) is 7.31. The van der Waals surface area contributed by atoms with Crippen molar-refractivity contribution in [2.45, 2.75) is 57.5 Å². The predicted molar refractivity (Wildman–Crippen MR) is 65.1 cm³/mol. The highest BCUT2D eigenvalue weighted by atomic mass is 15.2. The molecule has 2 rings (SSSR count). The van der Waals surface area contributed by atoms with Gasteiger partial charge >= 0.3 is 0 Å². The molecule has 0 aliphatic carbocycles. The van der Waals surface area contributed by atoms with Gasteiger partial charge in [-0.3, -0.25) is 0 Å². The maximum atomic E-state index is 3.62. The van der Waals surface area contributed by atoms with Crippen LogP contribution < -0.4 is 5.32 Å². The lowest BCUT2D eigenvalue weighted by Crippen LogP contribution is -2.42. The van der Waals surface area contributed by atoms with Crippen LogP contribution in [0.2, 0.25) is 0 Å². The number of hydrogen-bond donors (Lipinski definition) is 1. The van der Waals surface area contributed by atoms with Gasteiger partial charge in [0.1, 0.15) is 0 Å². The Labute approximate surface area is 94.4 Å². The Kier molecular flexibility index (Phi) is 4.04. The summed E-state index contributed by atoms with van der Waals surface area (Å²) in [5.74, 6) is 0.954. The van der Waals surface area contributed by atoms with Crippen LogP contribution in [0.5, 0.6) is 0 Å². The number of unbranched alkanes of at least 4 members (excludes halogenated alkanes) is 1. The maximum Gasteiger partial charge on any atom is 0.00988 e. The molecule has 0 aromatic rings. The molecule has 2 bridgehead atoms. The zero-order valence-corrected chi connectivity index (χ0v) is 10.3. The molecule has 0 saturated carbocycles. The van der Waals surface area contributed by atoms with E-state index in [2.05, 4.69) is 24.2 Å². The fourth-order valence-corrected chi connectivity index (χ4v) is 3.30. The Balaban J connectivity index is 1.68. The van der Waals surface area contributed by atoms with E-state index in [1.807, 2.05) is 0 Å². The van der Waals surface area contributed by atoms with E-state index in [0.717, 1.165) is 18.0 Å². The summed E-state index contributed by atoms with van der Waals surface area (Å²) >= 11 is 0. The van der Waals surface area contributed by atoms with E-state index in [0.29, 0.717) is 0 Å². The van der Waals surface area contributed by atoms with E-state index in [1.165, 1.54) is 51.6 Å². The Morgan fingerprint density at radius 3 is 2.47 bits per heavy atom. The van der Waals surface area contributed by atoms with Crippen molar-refractivity contribution in [3.05, 3.63) is 0 Å². The number of nitrogens with zero attached hydrogens (tertiary/aromatic N) is 1. The van der Waals surface area contributed by atoms with Crippen molar-refractivity contribution in [1.82, 2.24) is 10.2 Å². The summed E-state index contributed by atoms with van der Waals surface area (Å²) in [5, 5.41) is 3.62. The van der Waals surface area contributed by atoms with Crippen molar-refractivity contribution >= 4 is 0 Å². The van der Waals surface area contributed by atoms with Gasteiger partial charge in [-0.25, -0.2) is 0 Å². The van der Waals surface area contributed by atoms with Crippen LogP contribution in [0, 0.1) is 5.92 Å². The Hall–Kier alpha value is -0.0800. The average Bonchev–Trinajstić information content (AvgIpc) is 2.50. The molecule has 2 nitrogen and oxygen atoms in total. The van der Waals surface area contributed by atoms with Crippen LogP contribution in [0.1, 0.15) is 45.4 Å². The topological polar surface area (TPSA) is 15.3 Å². The first-order valence-electron chi connectivity index (χ1n) is 6.74. The summed E-state index contributed by atoms with van der Waals surface area (Å²) < 4.78 is 0. The molecular weight excluding hydrogens is 184 g/mol. The molecule has 2 atom stereocenters. The summed E-state index contributed by atoms with van der Waals surface area (Å²) in [6.07, 6.45) is 8.42. The van der Waals surface area contributed by atoms with Crippen molar-refractivity contribution in [2.24, 2.45) is 5.92 Å². The molecule has 2 aliphatic rings. The molecule has 2 heteroatoms. The highest BCUT2D eigenvalue weighted by Gasteiger charge is 2.37. The number of hydrogen-bond acceptors (Lipinski definition) is 2. The fraction of sp³-hybridized carbons (Fsp3) is 1.00. The second kappa shape index (κ2) is 5.31. The molecule has 0 radical (unpaired) electrons. The van der Waals surface area contributed by atoms with E-state index in [9.17, 15) is 0 Å². The van der Waals surface area contributed by atoms with Gasteiger partial charge in [-0.1, -0.05) is 13.3 Å². The van der Waals surface area contributed by atoms with E-state index in [-0.39, 0.29) is 0 Å². The van der Waals surface area contributed by atoms with Crippen LogP contribution in [0.3, 0.4) is 0 Å². The van der Waals surface area contributed by atoms with Gasteiger partial charge < -0.3 is 10.2 Å². The molecule has 88 valence electrons. The Morgan fingerprint density at radius 1 is 1.20 bits per heavy atom. The first-order valence-corrected chi connectivity index (χ1v) is 6.74. The van der Waals surface area contributed by atoms with Gasteiger partial charge in [0.05, 0.1) is 0 Å². The third-order valence-electron chi connectivity index (χ3n) is 4.34. The number of fused-ring (bicyclic) bond motifs is 2. The predicted octanol–water partition coefficient (Wildman–Crippen LogP) is 2.25. The van der Waals surface area contributed by atoms with Crippen molar-refractivity contribution < 1.29 is 0 Å². The smallest absolute Gasteiger partial charge is 0.00988 e. The van der Waals surface area contributed by atoms with Crippen LogP contribution in [0.4, 0.5) is 0 Å². The van der Waals surface area contributed by atoms with Gasteiger partial charge in [0.15, 0.2) is 0 Å². The van der Waals surface area contributed by atoms with Crippen LogP contribution >= 0.6 is 0 Å². The van der Waals surface area contributed by atoms with Gasteiger partial charge in [-0.15, -0.1) is 0 Å². The number of nitrogens with one attached hydrogen (secondary N) is 1. The summed E-state index contributed by atoms with van der Waals surface area (Å²) in [6.45, 7) is 4.75. The quantitative estimate of drug-likeness (QED) is 0.700. The van der Waals surface area contributed by atoms with Gasteiger partial charge in [0, 0.05) is 12.1 Å². The largest absolute Gasteiger partial charge is 0.316 e. The Morgan fingerprint density at radius 2 is 1.87 bits per heavy atom. The third-order valence-corrected chi connectivity index (χ3v) is 4.34. The van der Waals surface area contributed by atoms with E-state index in [4.69, 9.17) is 0 Å². The van der Waals surface area contributed by atoms with E-state index in [1.54, 1.807) is 0 Å². The second-order valence-corrected chi connectivity index (χ2v) is 5.45. The molecule has 0 aromatic heterocycles. The summed E-state index contributed by atoms with van der Waals surface area (Å²) in [4.78, 5) is 2.63. The first kappa shape index (κ1) is 11.4. The van der Waals surface area contributed by atoms with Crippen molar-refractivity contribution in [2.75, 3.05) is 20.1 Å². The van der Waals surface area contributed by atoms with Crippen molar-refractivity contribution in [3.8, 4) is 0 Å². The number of rotatable bonds is 5. The molecule has 0 spiro atoms. The monoisotopic (exact) mass is 210 g/mol. The Bertz CT molecular complexity index is 179. The average molecular weight is 210 g/mol. The summed E-state index contributed by atoms with van der Waals surface area (Å²) in [7, 11) is 2.32. The molecule has 2 unspecified atom stereocenters. The lowest BCUT2D eigenvalue weighted by atomic mass is 9.91. The molecular formula is C13H26N2. The number of piperidine rings is 1. The van der Waals surface area contributed by atoms with Gasteiger partial charge in [0.2, 0.25) is 0 Å². The van der Waals surface area contributed by atoms with Gasteiger partial charge in [-0.05, 0) is 58.2 Å². The third kappa shape index (κ3) is 2.73. The molecule has 2 aliphatic heterocycles. The molecule has 2 saturated heterocycles. The molecule has 2 heterocycles. The summed E-state index contributed by atoms with van der Waals surface area (Å²) in [6, 6.07) is 1.81. The van der Waals surface area contributed by atoms with Crippen LogP contribution in [-0.4, -0.2) is 37.1 Å². The van der Waals surface area contributed by atoms with Gasteiger partial charge in [-0.2, -0.15) is 0 Å². The van der Waals surface area contributed by atoms with E-state index >= 15 is 0 Å². The maximum absolute atomic E-state index is 3.62. The minimum atomic E-state index is 0.904. The van der Waals surface area contributed by atoms with Crippen LogP contribution in [0.15, 0.2) is 0 Å². The zero-order chi connectivity index (χ0) is 10.7. The lowest BCUT2D eigenvalue weighted by Gasteiger charge is -2.36. The molecule has 15 heavy (non-hydrogen) atoms. The summed E-state index contributed by atoms with van der Waals surface area (Å²) in [5.41, 5.74) is 0. The van der Waals surface area contributed by atoms with Crippen LogP contribution in [-0.2, 0) is 0 Å². The van der Waals surface area contributed by atoms with Crippen LogP contribution in [0.25, 0.3) is 0 Å². The van der Waals surface area contributed by atoms with Crippen molar-refractivity contribution in [1.29, 1.82) is 0 Å². The zero-order valence-electron chi connectivity index (χ0n) is 10.3. The van der Waals surface area contributed by atoms with Gasteiger partial charge in [0.25, 0.3) is 0 Å². The fourth-order valence-electron chi connectivity index (χ4n) is 3.30. The van der Waals surface area contributed by atoms with E-state index < -0.39 is 0 Å². The molecule has 2 fully saturated rings. The SMILES string of the molecule is CCCCNCC1CC2CCC(C1)N2C. The molecule has 0 amide bonds.